The van der Waals surface area contributed by atoms with Gasteiger partial charge in [-0.3, -0.25) is 0 Å². The molecule has 0 aliphatic carbocycles. The molecule has 0 aliphatic rings. The molecule has 1 atom stereocenters. The fraction of sp³-hybridized carbons (Fsp3) is 0.364. The Labute approximate surface area is 107 Å². The summed E-state index contributed by atoms with van der Waals surface area (Å²) in [6, 6.07) is 8.38. The van der Waals surface area contributed by atoms with E-state index >= 15 is 0 Å². The van der Waals surface area contributed by atoms with E-state index in [1.54, 1.807) is 0 Å². The first-order valence-electron chi connectivity index (χ1n) is 4.63. The summed E-state index contributed by atoms with van der Waals surface area (Å²) in [6.45, 7) is 3.02. The Morgan fingerprint density at radius 2 is 1.75 bits per heavy atom. The molecule has 0 fully saturated rings. The normalized spacial score (nSPS) is 10.2. The molecule has 0 heterocycles. The number of alkyl halides is 1. The first-order chi connectivity index (χ1) is 7.15. The van der Waals surface area contributed by atoms with Crippen molar-refractivity contribution in [1.82, 2.24) is 0 Å². The van der Waals surface area contributed by atoms with Crippen LogP contribution in [-0.4, -0.2) is 19.7 Å². The van der Waals surface area contributed by atoms with Gasteiger partial charge in [-0.25, -0.2) is 0 Å². The molecule has 1 rings (SSSR count). The predicted octanol–water partition coefficient (Wildman–Crippen LogP) is -2.11. The third-order valence-corrected chi connectivity index (χ3v) is 2.31. The van der Waals surface area contributed by atoms with Crippen molar-refractivity contribution in [2.24, 2.45) is 0 Å². The summed E-state index contributed by atoms with van der Waals surface area (Å²) < 4.78 is 0. The first kappa shape index (κ1) is 17.5. The van der Waals surface area contributed by atoms with Gasteiger partial charge in [0.05, 0.1) is 13.6 Å². The number of benzene rings is 1. The second kappa shape index (κ2) is 10.7. The highest BCUT2D eigenvalue weighted by molar-refractivity contribution is 6.20. The van der Waals surface area contributed by atoms with Crippen LogP contribution in [0.25, 0.3) is 0 Å². The van der Waals surface area contributed by atoms with E-state index in [9.17, 15) is 0 Å². The third-order valence-electron chi connectivity index (χ3n) is 1.88. The Morgan fingerprint density at radius 3 is 2.12 bits per heavy atom. The van der Waals surface area contributed by atoms with Crippen molar-refractivity contribution < 1.29 is 27.3 Å². The first-order valence-corrected chi connectivity index (χ1v) is 5.07. The second-order valence-electron chi connectivity index (χ2n) is 3.11. The van der Waals surface area contributed by atoms with Crippen molar-refractivity contribution >= 4 is 17.8 Å². The molecule has 2 N–H and O–H groups in total. The van der Waals surface area contributed by atoms with Crippen LogP contribution in [0.1, 0.15) is 16.5 Å². The molecule has 0 saturated heterocycles. The minimum absolute atomic E-state index is 0. The number of hydrogen-bond donors (Lipinski definition) is 1. The van der Waals surface area contributed by atoms with Crippen molar-refractivity contribution in [2.75, 3.05) is 13.6 Å². The molecule has 16 heavy (non-hydrogen) atoms. The number of nitrogens with two attached hydrogens (primary N) is 1. The van der Waals surface area contributed by atoms with E-state index in [-0.39, 0.29) is 23.9 Å². The summed E-state index contributed by atoms with van der Waals surface area (Å²) in [7, 11) is 2.03. The molecule has 0 amide bonds. The number of halogens is 2. The van der Waals surface area contributed by atoms with E-state index in [0.717, 1.165) is 6.54 Å². The van der Waals surface area contributed by atoms with E-state index < -0.39 is 0 Å². The van der Waals surface area contributed by atoms with Gasteiger partial charge in [-0.1, -0.05) is 29.8 Å². The Morgan fingerprint density at radius 1 is 1.31 bits per heavy atom. The van der Waals surface area contributed by atoms with Crippen molar-refractivity contribution in [1.29, 1.82) is 0 Å². The number of likely N-dealkylation sites (N-methyl/N-ethyl adjacent to an activating group) is 1. The van der Waals surface area contributed by atoms with E-state index in [1.165, 1.54) is 11.1 Å². The fourth-order valence-electron chi connectivity index (χ4n) is 1.12. The monoisotopic (exact) mass is 263 g/mol. The van der Waals surface area contributed by atoms with Crippen LogP contribution in [0.5, 0.6) is 0 Å². The minimum Gasteiger partial charge on any atom is -1.00 e. The Bertz CT molecular complexity index is 308. The standard InChI is InChI=1S/C10H14ClN.CO2.ClH/c1-8-3-5-9(6-4-8)10(11)7-12-2;2-1-3;/h3-6,10,12H,7H2,1-2H3;;1H. The molecule has 3 nitrogen and oxygen atoms in total. The topological polar surface area (TPSA) is 50.8 Å². The van der Waals surface area contributed by atoms with Crippen LogP contribution in [-0.2, 0) is 9.59 Å². The maximum absolute atomic E-state index is 8.12. The zero-order chi connectivity index (χ0) is 11.7. The quantitative estimate of drug-likeness (QED) is 0.635. The highest BCUT2D eigenvalue weighted by Crippen LogP contribution is 2.18. The number of aryl methyl sites for hydroxylation is 1. The molecular formula is C11H15Cl2NO2. The van der Waals surface area contributed by atoms with Gasteiger partial charge >= 0.3 is 6.15 Å². The van der Waals surface area contributed by atoms with Gasteiger partial charge in [0, 0.05) is 0 Å². The highest BCUT2D eigenvalue weighted by Gasteiger charge is 2.07. The molecule has 0 aliphatic heterocycles. The molecule has 90 valence electrons. The lowest BCUT2D eigenvalue weighted by Gasteiger charge is -2.06. The van der Waals surface area contributed by atoms with E-state index in [1.807, 2.05) is 7.05 Å². The summed E-state index contributed by atoms with van der Waals surface area (Å²) in [4.78, 5) is 16.2. The van der Waals surface area contributed by atoms with E-state index in [0.29, 0.717) is 0 Å². The summed E-state index contributed by atoms with van der Waals surface area (Å²) in [5, 5.41) is 2.23. The Kier molecular flexibility index (Phi) is 11.7. The molecule has 1 unspecified atom stereocenters. The number of rotatable bonds is 3. The maximum Gasteiger partial charge on any atom is 0.373 e. The zero-order valence-corrected chi connectivity index (χ0v) is 10.8. The fourth-order valence-corrected chi connectivity index (χ4v) is 1.44. The molecule has 0 spiro atoms. The summed E-state index contributed by atoms with van der Waals surface area (Å²) >= 11 is 6.13. The van der Waals surface area contributed by atoms with Crippen LogP contribution in [0, 0.1) is 6.92 Å². The van der Waals surface area contributed by atoms with Crippen LogP contribution in [0.15, 0.2) is 24.3 Å². The Hall–Kier alpha value is -0.860. The van der Waals surface area contributed by atoms with Crippen LogP contribution < -0.4 is 17.7 Å². The molecule has 1 aromatic rings. The van der Waals surface area contributed by atoms with Crippen molar-refractivity contribution in [3.63, 3.8) is 0 Å². The minimum atomic E-state index is 0. The van der Waals surface area contributed by atoms with E-state index in [2.05, 4.69) is 36.5 Å². The van der Waals surface area contributed by atoms with Gasteiger partial charge in [0.1, 0.15) is 5.38 Å². The summed E-state index contributed by atoms with van der Waals surface area (Å²) in [5.41, 5.74) is 2.49. The lowest BCUT2D eigenvalue weighted by Crippen LogP contribution is -3.00. The molecule has 1 aromatic carbocycles. The number of hydrogen-bond acceptors (Lipinski definition) is 2. The van der Waals surface area contributed by atoms with Gasteiger partial charge in [-0.05, 0) is 12.5 Å². The lowest BCUT2D eigenvalue weighted by molar-refractivity contribution is -0.627. The molecular weight excluding hydrogens is 249 g/mol. The van der Waals surface area contributed by atoms with Gasteiger partial charge in [0.15, 0.2) is 0 Å². The molecule has 5 heteroatoms. The van der Waals surface area contributed by atoms with Crippen molar-refractivity contribution in [3.8, 4) is 0 Å². The largest absolute Gasteiger partial charge is 1.00 e. The number of quaternary nitrogens is 1. The highest BCUT2D eigenvalue weighted by atomic mass is 35.5. The summed E-state index contributed by atoms with van der Waals surface area (Å²) in [5.74, 6) is 0. The van der Waals surface area contributed by atoms with Crippen LogP contribution in [0.2, 0.25) is 0 Å². The van der Waals surface area contributed by atoms with Crippen LogP contribution >= 0.6 is 11.6 Å². The van der Waals surface area contributed by atoms with Crippen LogP contribution in [0.4, 0.5) is 0 Å². The molecule has 0 saturated carbocycles. The number of carbonyl (C=O) groups excluding carboxylic acids is 2. The smallest absolute Gasteiger partial charge is 0.373 e. The SMILES string of the molecule is C[NH2+]CC(Cl)c1ccc(C)cc1.O=C=O.[Cl-]. The van der Waals surface area contributed by atoms with Gasteiger partial charge in [0.25, 0.3) is 0 Å². The van der Waals surface area contributed by atoms with Gasteiger partial charge in [-0.2, -0.15) is 9.59 Å². The third kappa shape index (κ3) is 7.43. The van der Waals surface area contributed by atoms with Gasteiger partial charge in [0.2, 0.25) is 0 Å². The van der Waals surface area contributed by atoms with Gasteiger partial charge in [-0.15, -0.1) is 11.6 Å². The second-order valence-corrected chi connectivity index (χ2v) is 3.63. The molecule has 0 aromatic heterocycles. The maximum atomic E-state index is 8.12. The Balaban J connectivity index is 0. The zero-order valence-electron chi connectivity index (χ0n) is 9.24. The van der Waals surface area contributed by atoms with Gasteiger partial charge < -0.3 is 17.7 Å². The molecule has 0 radical (unpaired) electrons. The predicted molar refractivity (Wildman–Crippen MR) is 57.5 cm³/mol. The average Bonchev–Trinajstić information content (AvgIpc) is 2.20. The average molecular weight is 264 g/mol. The van der Waals surface area contributed by atoms with Crippen molar-refractivity contribution in [2.45, 2.75) is 12.3 Å². The molecule has 0 bridgehead atoms. The van der Waals surface area contributed by atoms with Crippen molar-refractivity contribution in [3.05, 3.63) is 35.4 Å². The lowest BCUT2D eigenvalue weighted by atomic mass is 10.1. The van der Waals surface area contributed by atoms with E-state index in [4.69, 9.17) is 21.2 Å². The summed E-state index contributed by atoms with van der Waals surface area (Å²) in [6.07, 6.45) is 0.250. The van der Waals surface area contributed by atoms with Crippen LogP contribution in [0.3, 0.4) is 0 Å².